The second-order valence-electron chi connectivity index (χ2n) is 3.95. The van der Waals surface area contributed by atoms with Gasteiger partial charge in [-0.05, 0) is 25.5 Å². The molecule has 0 unspecified atom stereocenters. The third kappa shape index (κ3) is 2.23. The number of ketones is 1. The van der Waals surface area contributed by atoms with Gasteiger partial charge in [0.15, 0.2) is 5.78 Å². The maximum Gasteiger partial charge on any atom is 0.161 e. The summed E-state index contributed by atoms with van der Waals surface area (Å²) in [6.07, 6.45) is 3.05. The standard InChI is InChI=1S/C14H12FNO/c1-9-4-3-5-13(14(9)15)12-6-11(10(2)17)7-16-8-12/h3-8H,1-2H3. The van der Waals surface area contributed by atoms with Gasteiger partial charge in [0.1, 0.15) is 5.82 Å². The number of carbonyl (C=O) groups is 1. The molecule has 1 aromatic heterocycles. The van der Waals surface area contributed by atoms with Crippen molar-refractivity contribution in [1.29, 1.82) is 0 Å². The second-order valence-corrected chi connectivity index (χ2v) is 3.95. The summed E-state index contributed by atoms with van der Waals surface area (Å²) in [6.45, 7) is 3.18. The lowest BCUT2D eigenvalue weighted by atomic mass is 10.0. The van der Waals surface area contributed by atoms with Crippen LogP contribution in [0.3, 0.4) is 0 Å². The van der Waals surface area contributed by atoms with Gasteiger partial charge in [0.2, 0.25) is 0 Å². The van der Waals surface area contributed by atoms with Gasteiger partial charge >= 0.3 is 0 Å². The smallest absolute Gasteiger partial charge is 0.161 e. The first-order chi connectivity index (χ1) is 8.09. The van der Waals surface area contributed by atoms with Crippen LogP contribution in [0.4, 0.5) is 4.39 Å². The van der Waals surface area contributed by atoms with Crippen LogP contribution in [-0.2, 0) is 0 Å². The molecule has 1 heterocycles. The highest BCUT2D eigenvalue weighted by Gasteiger charge is 2.09. The van der Waals surface area contributed by atoms with Crippen LogP contribution < -0.4 is 0 Å². The van der Waals surface area contributed by atoms with Crippen molar-refractivity contribution in [2.75, 3.05) is 0 Å². The average Bonchev–Trinajstić information content (AvgIpc) is 2.33. The lowest BCUT2D eigenvalue weighted by Gasteiger charge is -2.06. The van der Waals surface area contributed by atoms with E-state index in [0.29, 0.717) is 22.3 Å². The highest BCUT2D eigenvalue weighted by atomic mass is 19.1. The first kappa shape index (κ1) is 11.5. The predicted octanol–water partition coefficient (Wildman–Crippen LogP) is 3.40. The van der Waals surface area contributed by atoms with Crippen LogP contribution in [0.1, 0.15) is 22.8 Å². The van der Waals surface area contributed by atoms with Crippen molar-refractivity contribution < 1.29 is 9.18 Å². The molecule has 3 heteroatoms. The van der Waals surface area contributed by atoms with E-state index in [-0.39, 0.29) is 11.6 Å². The molecule has 0 aliphatic rings. The number of halogens is 1. The highest BCUT2D eigenvalue weighted by molar-refractivity contribution is 5.94. The van der Waals surface area contributed by atoms with Crippen LogP contribution in [0, 0.1) is 12.7 Å². The highest BCUT2D eigenvalue weighted by Crippen LogP contribution is 2.24. The molecule has 2 aromatic rings. The number of hydrogen-bond acceptors (Lipinski definition) is 2. The molecular weight excluding hydrogens is 217 g/mol. The number of pyridine rings is 1. The quantitative estimate of drug-likeness (QED) is 0.739. The molecule has 0 spiro atoms. The van der Waals surface area contributed by atoms with Gasteiger partial charge in [0.05, 0.1) is 0 Å². The second kappa shape index (κ2) is 4.45. The number of hydrogen-bond donors (Lipinski definition) is 0. The maximum atomic E-state index is 13.9. The summed E-state index contributed by atoms with van der Waals surface area (Å²) in [7, 11) is 0. The molecule has 1 aromatic carbocycles. The molecule has 0 aliphatic heterocycles. The van der Waals surface area contributed by atoms with Gasteiger partial charge in [-0.2, -0.15) is 0 Å². The molecule has 2 rings (SSSR count). The molecule has 2 nitrogen and oxygen atoms in total. The summed E-state index contributed by atoms with van der Waals surface area (Å²) in [5.74, 6) is -0.345. The third-order valence-electron chi connectivity index (χ3n) is 2.65. The zero-order chi connectivity index (χ0) is 12.4. The van der Waals surface area contributed by atoms with Gasteiger partial charge in [-0.1, -0.05) is 18.2 Å². The fourth-order valence-electron chi connectivity index (χ4n) is 1.65. The SMILES string of the molecule is CC(=O)c1cncc(-c2cccc(C)c2F)c1. The Hall–Kier alpha value is -2.03. The number of nitrogens with zero attached hydrogens (tertiary/aromatic N) is 1. The van der Waals surface area contributed by atoms with E-state index in [1.807, 2.05) is 0 Å². The van der Waals surface area contributed by atoms with E-state index in [4.69, 9.17) is 0 Å². The molecule has 0 atom stereocenters. The van der Waals surface area contributed by atoms with Crippen molar-refractivity contribution in [2.24, 2.45) is 0 Å². The molecule has 0 aliphatic carbocycles. The Balaban J connectivity index is 2.57. The Morgan fingerprint density at radius 3 is 2.76 bits per heavy atom. The molecule has 86 valence electrons. The zero-order valence-corrected chi connectivity index (χ0v) is 9.70. The summed E-state index contributed by atoms with van der Waals surface area (Å²) in [4.78, 5) is 15.2. The Bertz CT molecular complexity index is 578. The number of carbonyl (C=O) groups excluding carboxylic acids is 1. The third-order valence-corrected chi connectivity index (χ3v) is 2.65. The zero-order valence-electron chi connectivity index (χ0n) is 9.70. The first-order valence-electron chi connectivity index (χ1n) is 5.31. The van der Waals surface area contributed by atoms with Crippen molar-refractivity contribution in [3.8, 4) is 11.1 Å². The number of aryl methyl sites for hydroxylation is 1. The molecule has 0 fully saturated rings. The number of aromatic nitrogens is 1. The minimum absolute atomic E-state index is 0.0765. The lowest BCUT2D eigenvalue weighted by molar-refractivity contribution is 0.101. The van der Waals surface area contributed by atoms with E-state index >= 15 is 0 Å². The van der Waals surface area contributed by atoms with Gasteiger partial charge in [0.25, 0.3) is 0 Å². The summed E-state index contributed by atoms with van der Waals surface area (Å²) < 4.78 is 13.9. The van der Waals surface area contributed by atoms with Crippen molar-refractivity contribution in [3.05, 3.63) is 53.6 Å². The number of Topliss-reactive ketones (excluding diaryl/α,β-unsaturated/α-hetero) is 1. The molecule has 0 saturated heterocycles. The fourth-order valence-corrected chi connectivity index (χ4v) is 1.65. The van der Waals surface area contributed by atoms with E-state index in [1.165, 1.54) is 13.1 Å². The van der Waals surface area contributed by atoms with Crippen LogP contribution >= 0.6 is 0 Å². The Kier molecular flexibility index (Phi) is 3.00. The van der Waals surface area contributed by atoms with Crippen LogP contribution in [0.25, 0.3) is 11.1 Å². The largest absolute Gasteiger partial charge is 0.294 e. The maximum absolute atomic E-state index is 13.9. The van der Waals surface area contributed by atoms with E-state index in [0.717, 1.165) is 0 Å². The lowest BCUT2D eigenvalue weighted by Crippen LogP contribution is -1.95. The van der Waals surface area contributed by atoms with Gasteiger partial charge in [0, 0.05) is 29.1 Å². The number of rotatable bonds is 2. The molecule has 0 saturated carbocycles. The van der Waals surface area contributed by atoms with Gasteiger partial charge in [-0.15, -0.1) is 0 Å². The van der Waals surface area contributed by atoms with Crippen LogP contribution in [0.15, 0.2) is 36.7 Å². The minimum Gasteiger partial charge on any atom is -0.294 e. The molecule has 0 bridgehead atoms. The number of benzene rings is 1. The van der Waals surface area contributed by atoms with Crippen LogP contribution in [0.5, 0.6) is 0 Å². The minimum atomic E-state index is -0.269. The Morgan fingerprint density at radius 2 is 2.06 bits per heavy atom. The topological polar surface area (TPSA) is 30.0 Å². The Labute approximate surface area is 99.1 Å². The van der Waals surface area contributed by atoms with E-state index in [1.54, 1.807) is 37.4 Å². The monoisotopic (exact) mass is 229 g/mol. The van der Waals surface area contributed by atoms with Crippen molar-refractivity contribution in [3.63, 3.8) is 0 Å². The normalized spacial score (nSPS) is 10.3. The predicted molar refractivity (Wildman–Crippen MR) is 64.4 cm³/mol. The van der Waals surface area contributed by atoms with Crippen molar-refractivity contribution >= 4 is 5.78 Å². The van der Waals surface area contributed by atoms with E-state index in [9.17, 15) is 9.18 Å². The van der Waals surface area contributed by atoms with Crippen LogP contribution in [0.2, 0.25) is 0 Å². The first-order valence-corrected chi connectivity index (χ1v) is 5.31. The van der Waals surface area contributed by atoms with Crippen LogP contribution in [-0.4, -0.2) is 10.8 Å². The summed E-state index contributed by atoms with van der Waals surface area (Å²) in [6, 6.07) is 6.84. The molecule has 17 heavy (non-hydrogen) atoms. The van der Waals surface area contributed by atoms with Crippen molar-refractivity contribution in [2.45, 2.75) is 13.8 Å². The van der Waals surface area contributed by atoms with Gasteiger partial charge in [-0.3, -0.25) is 9.78 Å². The Morgan fingerprint density at radius 1 is 1.29 bits per heavy atom. The summed E-state index contributed by atoms with van der Waals surface area (Å²) in [5.41, 5.74) is 2.17. The average molecular weight is 229 g/mol. The molecular formula is C14H12FNO. The molecule has 0 amide bonds. The molecule has 0 radical (unpaired) electrons. The molecule has 0 N–H and O–H groups in total. The summed E-state index contributed by atoms with van der Waals surface area (Å²) in [5, 5.41) is 0. The van der Waals surface area contributed by atoms with Crippen molar-refractivity contribution in [1.82, 2.24) is 4.98 Å². The van der Waals surface area contributed by atoms with Gasteiger partial charge in [-0.25, -0.2) is 4.39 Å². The van der Waals surface area contributed by atoms with Gasteiger partial charge < -0.3 is 0 Å². The summed E-state index contributed by atoms with van der Waals surface area (Å²) >= 11 is 0. The van der Waals surface area contributed by atoms with E-state index < -0.39 is 0 Å². The van der Waals surface area contributed by atoms with E-state index in [2.05, 4.69) is 4.98 Å². The fraction of sp³-hybridized carbons (Fsp3) is 0.143.